The molecule has 2 nitrogen and oxygen atoms in total. The first-order valence-corrected chi connectivity index (χ1v) is 4.48. The van der Waals surface area contributed by atoms with Crippen molar-refractivity contribution >= 4 is 5.52 Å². The molecule has 0 atom stereocenters. The lowest BCUT2D eigenvalue weighted by Crippen LogP contribution is -1.95. The van der Waals surface area contributed by atoms with Crippen LogP contribution in [0.4, 0.5) is 0 Å². The van der Waals surface area contributed by atoms with Gasteiger partial charge in [0.15, 0.2) is 0 Å². The number of aliphatic hydroxyl groups excluding tert-OH is 1. The Hall–Kier alpha value is -1.28. The molecular formula is C11H13NO. The maximum Gasteiger partial charge on any atom is 0.0482 e. The van der Waals surface area contributed by atoms with E-state index in [1.54, 1.807) is 0 Å². The van der Waals surface area contributed by atoms with Crippen molar-refractivity contribution in [2.45, 2.75) is 13.3 Å². The van der Waals surface area contributed by atoms with Crippen molar-refractivity contribution in [2.24, 2.45) is 0 Å². The highest BCUT2D eigenvalue weighted by molar-refractivity contribution is 5.56. The molecule has 2 heterocycles. The summed E-state index contributed by atoms with van der Waals surface area (Å²) in [5, 5.41) is 8.90. The molecule has 0 saturated carbocycles. The standard InChI is InChI=1S/C11H13NO/c1-9-7-10(4-6-13)11-3-2-5-12(11)8-9/h2-3,5,7-8,13H,4,6H2,1H3. The second kappa shape index (κ2) is 3.23. The van der Waals surface area contributed by atoms with E-state index in [4.69, 9.17) is 5.11 Å². The van der Waals surface area contributed by atoms with Crippen LogP contribution in [0.15, 0.2) is 30.6 Å². The number of nitrogens with zero attached hydrogens (tertiary/aromatic N) is 1. The van der Waals surface area contributed by atoms with Crippen LogP contribution in [0.25, 0.3) is 5.52 Å². The van der Waals surface area contributed by atoms with Crippen molar-refractivity contribution in [1.29, 1.82) is 0 Å². The molecule has 0 unspecified atom stereocenters. The average Bonchev–Trinajstić information content (AvgIpc) is 2.52. The molecule has 0 bridgehead atoms. The number of pyridine rings is 1. The Bertz CT molecular complexity index is 417. The van der Waals surface area contributed by atoms with E-state index in [2.05, 4.69) is 29.7 Å². The van der Waals surface area contributed by atoms with E-state index in [1.165, 1.54) is 16.6 Å². The van der Waals surface area contributed by atoms with Gasteiger partial charge in [-0.1, -0.05) is 6.07 Å². The SMILES string of the molecule is Cc1cc(CCO)c2cccn2c1. The van der Waals surface area contributed by atoms with Gasteiger partial charge < -0.3 is 9.51 Å². The van der Waals surface area contributed by atoms with Gasteiger partial charge in [0.25, 0.3) is 0 Å². The zero-order valence-corrected chi connectivity index (χ0v) is 7.70. The highest BCUT2D eigenvalue weighted by Gasteiger charge is 2.00. The summed E-state index contributed by atoms with van der Waals surface area (Å²) in [7, 11) is 0. The molecule has 0 aromatic carbocycles. The third-order valence-corrected chi connectivity index (χ3v) is 2.23. The molecule has 0 aliphatic carbocycles. The molecule has 0 saturated heterocycles. The Kier molecular flexibility index (Phi) is 2.07. The van der Waals surface area contributed by atoms with Crippen LogP contribution >= 0.6 is 0 Å². The number of fused-ring (bicyclic) bond motifs is 1. The molecule has 68 valence electrons. The highest BCUT2D eigenvalue weighted by Crippen LogP contribution is 2.14. The number of hydrogen-bond acceptors (Lipinski definition) is 1. The van der Waals surface area contributed by atoms with Gasteiger partial charge in [-0.15, -0.1) is 0 Å². The van der Waals surface area contributed by atoms with Crippen LogP contribution in [-0.2, 0) is 6.42 Å². The Balaban J connectivity index is 2.63. The lowest BCUT2D eigenvalue weighted by Gasteiger charge is -2.04. The maximum absolute atomic E-state index is 8.90. The molecule has 2 heteroatoms. The monoisotopic (exact) mass is 175 g/mol. The first-order valence-electron chi connectivity index (χ1n) is 4.48. The summed E-state index contributed by atoms with van der Waals surface area (Å²) in [5.74, 6) is 0. The molecule has 2 aromatic heterocycles. The van der Waals surface area contributed by atoms with Crippen molar-refractivity contribution in [2.75, 3.05) is 6.61 Å². The fourth-order valence-electron chi connectivity index (χ4n) is 1.70. The van der Waals surface area contributed by atoms with Crippen molar-refractivity contribution in [3.63, 3.8) is 0 Å². The average molecular weight is 175 g/mol. The summed E-state index contributed by atoms with van der Waals surface area (Å²) < 4.78 is 2.10. The zero-order valence-electron chi connectivity index (χ0n) is 7.70. The van der Waals surface area contributed by atoms with E-state index < -0.39 is 0 Å². The Labute approximate surface area is 77.4 Å². The van der Waals surface area contributed by atoms with Crippen LogP contribution < -0.4 is 0 Å². The van der Waals surface area contributed by atoms with Gasteiger partial charge in [-0.2, -0.15) is 0 Å². The fraction of sp³-hybridized carbons (Fsp3) is 0.273. The summed E-state index contributed by atoms with van der Waals surface area (Å²) in [5.41, 5.74) is 3.64. The molecule has 0 aliphatic rings. The van der Waals surface area contributed by atoms with Crippen LogP contribution in [-0.4, -0.2) is 16.1 Å². The molecule has 0 radical (unpaired) electrons. The van der Waals surface area contributed by atoms with E-state index in [1.807, 2.05) is 12.3 Å². The summed E-state index contributed by atoms with van der Waals surface area (Å²) in [6, 6.07) is 6.23. The minimum atomic E-state index is 0.213. The van der Waals surface area contributed by atoms with Gasteiger partial charge in [0, 0.05) is 24.5 Å². The zero-order chi connectivity index (χ0) is 9.26. The summed E-state index contributed by atoms with van der Waals surface area (Å²) in [6.07, 6.45) is 4.86. The molecular weight excluding hydrogens is 162 g/mol. The first-order chi connectivity index (χ1) is 6.31. The topological polar surface area (TPSA) is 24.6 Å². The van der Waals surface area contributed by atoms with E-state index in [9.17, 15) is 0 Å². The smallest absolute Gasteiger partial charge is 0.0482 e. The summed E-state index contributed by atoms with van der Waals surface area (Å²) >= 11 is 0. The van der Waals surface area contributed by atoms with E-state index in [0.717, 1.165) is 6.42 Å². The van der Waals surface area contributed by atoms with Gasteiger partial charge in [-0.05, 0) is 36.6 Å². The van der Waals surface area contributed by atoms with E-state index in [0.29, 0.717) is 0 Å². The third kappa shape index (κ3) is 1.45. The number of aromatic nitrogens is 1. The quantitative estimate of drug-likeness (QED) is 0.739. The lowest BCUT2D eigenvalue weighted by molar-refractivity contribution is 0.300. The molecule has 0 amide bonds. The predicted molar refractivity (Wildman–Crippen MR) is 52.9 cm³/mol. The van der Waals surface area contributed by atoms with Crippen LogP contribution in [0, 0.1) is 6.92 Å². The summed E-state index contributed by atoms with van der Waals surface area (Å²) in [6.45, 7) is 2.28. The molecule has 13 heavy (non-hydrogen) atoms. The Morgan fingerprint density at radius 2 is 2.31 bits per heavy atom. The molecule has 0 fully saturated rings. The minimum Gasteiger partial charge on any atom is -0.396 e. The predicted octanol–water partition coefficient (Wildman–Crippen LogP) is 1.78. The fourth-order valence-corrected chi connectivity index (χ4v) is 1.70. The number of aryl methyl sites for hydroxylation is 1. The second-order valence-electron chi connectivity index (χ2n) is 3.32. The summed E-state index contributed by atoms with van der Waals surface area (Å²) in [4.78, 5) is 0. The largest absolute Gasteiger partial charge is 0.396 e. The first kappa shape index (κ1) is 8.32. The molecule has 0 spiro atoms. The van der Waals surface area contributed by atoms with Crippen LogP contribution in [0.3, 0.4) is 0 Å². The van der Waals surface area contributed by atoms with Gasteiger partial charge in [-0.3, -0.25) is 0 Å². The van der Waals surface area contributed by atoms with Gasteiger partial charge in [0.05, 0.1) is 0 Å². The third-order valence-electron chi connectivity index (χ3n) is 2.23. The minimum absolute atomic E-state index is 0.213. The number of hydrogen-bond donors (Lipinski definition) is 1. The molecule has 0 aliphatic heterocycles. The maximum atomic E-state index is 8.90. The number of rotatable bonds is 2. The second-order valence-corrected chi connectivity index (χ2v) is 3.32. The van der Waals surface area contributed by atoms with Crippen LogP contribution in [0.5, 0.6) is 0 Å². The van der Waals surface area contributed by atoms with Crippen LogP contribution in [0.2, 0.25) is 0 Å². The van der Waals surface area contributed by atoms with Crippen molar-refractivity contribution in [3.05, 3.63) is 41.7 Å². The van der Waals surface area contributed by atoms with Crippen molar-refractivity contribution in [1.82, 2.24) is 4.40 Å². The molecule has 2 rings (SSSR count). The normalized spacial score (nSPS) is 10.9. The van der Waals surface area contributed by atoms with Crippen molar-refractivity contribution < 1.29 is 5.11 Å². The van der Waals surface area contributed by atoms with E-state index in [-0.39, 0.29) is 6.61 Å². The highest BCUT2D eigenvalue weighted by atomic mass is 16.2. The van der Waals surface area contributed by atoms with Gasteiger partial charge in [0.1, 0.15) is 0 Å². The van der Waals surface area contributed by atoms with Gasteiger partial charge in [-0.25, -0.2) is 0 Å². The van der Waals surface area contributed by atoms with Crippen molar-refractivity contribution in [3.8, 4) is 0 Å². The Morgan fingerprint density at radius 3 is 3.08 bits per heavy atom. The lowest BCUT2D eigenvalue weighted by atomic mass is 10.1. The van der Waals surface area contributed by atoms with E-state index >= 15 is 0 Å². The van der Waals surface area contributed by atoms with Gasteiger partial charge in [0.2, 0.25) is 0 Å². The number of aliphatic hydroxyl groups is 1. The molecule has 2 aromatic rings. The van der Waals surface area contributed by atoms with Gasteiger partial charge >= 0.3 is 0 Å². The Morgan fingerprint density at radius 1 is 1.46 bits per heavy atom. The van der Waals surface area contributed by atoms with Crippen LogP contribution in [0.1, 0.15) is 11.1 Å². The molecule has 1 N–H and O–H groups in total.